The number of benzene rings is 2. The van der Waals surface area contributed by atoms with Gasteiger partial charge >= 0.3 is 5.69 Å². The summed E-state index contributed by atoms with van der Waals surface area (Å²) >= 11 is 0. The summed E-state index contributed by atoms with van der Waals surface area (Å²) in [4.78, 5) is 20.1. The van der Waals surface area contributed by atoms with Gasteiger partial charge in [0.25, 0.3) is 5.69 Å². The van der Waals surface area contributed by atoms with Gasteiger partial charge in [-0.25, -0.2) is 0 Å². The Balaban J connectivity index is 2.34. The van der Waals surface area contributed by atoms with Crippen LogP contribution in [0.5, 0.6) is 11.5 Å². The summed E-state index contributed by atoms with van der Waals surface area (Å²) in [5, 5.41) is 30.5. The summed E-state index contributed by atoms with van der Waals surface area (Å²) in [7, 11) is 0. The first-order chi connectivity index (χ1) is 10.0. The van der Waals surface area contributed by atoms with E-state index in [9.17, 15) is 20.2 Å². The Morgan fingerprint density at radius 2 is 1.67 bits per heavy atom. The highest BCUT2D eigenvalue weighted by Gasteiger charge is 2.21. The molecule has 0 aliphatic carbocycles. The fourth-order valence-corrected chi connectivity index (χ4v) is 1.64. The van der Waals surface area contributed by atoms with Crippen molar-refractivity contribution in [3.05, 3.63) is 68.3 Å². The Labute approximate surface area is 118 Å². The largest absolute Gasteiger partial charge is 0.450 e. The van der Waals surface area contributed by atoms with Crippen molar-refractivity contribution in [3.8, 4) is 11.5 Å². The maximum absolute atomic E-state index is 11.0. The Morgan fingerprint density at radius 3 is 2.19 bits per heavy atom. The van der Waals surface area contributed by atoms with Crippen LogP contribution < -0.4 is 4.74 Å². The molecule has 0 fully saturated rings. The van der Waals surface area contributed by atoms with E-state index < -0.39 is 15.5 Å². The molecule has 0 unspecified atom stereocenters. The van der Waals surface area contributed by atoms with Gasteiger partial charge in [0.05, 0.1) is 22.5 Å². The molecule has 0 heterocycles. The molecule has 0 radical (unpaired) electrons. The summed E-state index contributed by atoms with van der Waals surface area (Å²) in [5.74, 6) is 0.228. The van der Waals surface area contributed by atoms with Crippen LogP contribution in [0, 0.1) is 20.2 Å². The summed E-state index contributed by atoms with van der Waals surface area (Å²) in [6.45, 7) is -0.127. The number of aliphatic hydroxyl groups excluding tert-OH is 1. The molecule has 0 saturated heterocycles. The standard InChI is InChI=1S/C13H10N2O6/c16-8-9-1-4-11(5-2-9)21-13-6-3-10(14(17)18)7-12(13)15(19)20/h1-7,16H,8H2. The van der Waals surface area contributed by atoms with E-state index >= 15 is 0 Å². The number of hydrogen-bond acceptors (Lipinski definition) is 6. The molecular formula is C13H10N2O6. The predicted molar refractivity (Wildman–Crippen MR) is 72.2 cm³/mol. The van der Waals surface area contributed by atoms with Gasteiger partial charge in [-0.05, 0) is 23.8 Å². The number of non-ortho nitro benzene ring substituents is 1. The van der Waals surface area contributed by atoms with Crippen LogP contribution in [0.3, 0.4) is 0 Å². The lowest BCUT2D eigenvalue weighted by Crippen LogP contribution is -1.96. The molecule has 2 aromatic carbocycles. The second-order valence-corrected chi connectivity index (χ2v) is 4.07. The highest BCUT2D eigenvalue weighted by atomic mass is 16.6. The quantitative estimate of drug-likeness (QED) is 0.668. The van der Waals surface area contributed by atoms with Gasteiger partial charge in [-0.2, -0.15) is 0 Å². The predicted octanol–water partition coefficient (Wildman–Crippen LogP) is 2.79. The molecule has 0 spiro atoms. The van der Waals surface area contributed by atoms with Crippen LogP contribution in [-0.2, 0) is 6.61 Å². The number of nitro groups is 2. The van der Waals surface area contributed by atoms with E-state index in [1.165, 1.54) is 18.2 Å². The maximum atomic E-state index is 11.0. The molecule has 0 aliphatic rings. The molecule has 0 aromatic heterocycles. The van der Waals surface area contributed by atoms with E-state index in [1.54, 1.807) is 12.1 Å². The molecule has 0 bridgehead atoms. The van der Waals surface area contributed by atoms with Gasteiger partial charge in [-0.1, -0.05) is 12.1 Å². The summed E-state index contributed by atoms with van der Waals surface area (Å²) in [6.07, 6.45) is 0. The van der Waals surface area contributed by atoms with Gasteiger partial charge in [-0.15, -0.1) is 0 Å². The number of nitro benzene ring substituents is 2. The van der Waals surface area contributed by atoms with Crippen LogP contribution in [0.25, 0.3) is 0 Å². The van der Waals surface area contributed by atoms with Crippen LogP contribution in [0.15, 0.2) is 42.5 Å². The van der Waals surface area contributed by atoms with Crippen molar-refractivity contribution in [1.82, 2.24) is 0 Å². The molecule has 0 saturated carbocycles. The number of aliphatic hydroxyl groups is 1. The molecule has 108 valence electrons. The van der Waals surface area contributed by atoms with E-state index in [0.717, 1.165) is 12.1 Å². The van der Waals surface area contributed by atoms with Crippen molar-refractivity contribution in [2.75, 3.05) is 0 Å². The monoisotopic (exact) mass is 290 g/mol. The topological polar surface area (TPSA) is 116 Å². The third kappa shape index (κ3) is 3.31. The highest BCUT2D eigenvalue weighted by molar-refractivity contribution is 5.54. The van der Waals surface area contributed by atoms with E-state index in [2.05, 4.69) is 0 Å². The second kappa shape index (κ2) is 5.97. The lowest BCUT2D eigenvalue weighted by Gasteiger charge is -2.06. The molecule has 2 rings (SSSR count). The van der Waals surface area contributed by atoms with Crippen molar-refractivity contribution in [1.29, 1.82) is 0 Å². The summed E-state index contributed by atoms with van der Waals surface area (Å²) in [5.41, 5.74) is -0.208. The number of rotatable bonds is 5. The van der Waals surface area contributed by atoms with Gasteiger partial charge in [-0.3, -0.25) is 20.2 Å². The van der Waals surface area contributed by atoms with Crippen LogP contribution in [0.4, 0.5) is 11.4 Å². The Hall–Kier alpha value is -3.00. The van der Waals surface area contributed by atoms with Gasteiger partial charge in [0.2, 0.25) is 5.75 Å². The lowest BCUT2D eigenvalue weighted by molar-refractivity contribution is -0.394. The van der Waals surface area contributed by atoms with E-state index in [-0.39, 0.29) is 18.0 Å². The Kier molecular flexibility index (Phi) is 4.10. The van der Waals surface area contributed by atoms with Crippen molar-refractivity contribution in [2.45, 2.75) is 6.61 Å². The second-order valence-electron chi connectivity index (χ2n) is 4.07. The minimum absolute atomic E-state index is 0.0950. The first kappa shape index (κ1) is 14.4. The smallest absolute Gasteiger partial charge is 0.318 e. The van der Waals surface area contributed by atoms with Gasteiger partial charge in [0.15, 0.2) is 0 Å². The van der Waals surface area contributed by atoms with Crippen LogP contribution in [0.2, 0.25) is 0 Å². The normalized spacial score (nSPS) is 10.1. The van der Waals surface area contributed by atoms with Crippen LogP contribution >= 0.6 is 0 Å². The number of hydrogen-bond donors (Lipinski definition) is 1. The SMILES string of the molecule is O=[N+]([O-])c1ccc(Oc2ccc(CO)cc2)c([N+](=O)[O-])c1. The molecule has 8 nitrogen and oxygen atoms in total. The third-order valence-electron chi connectivity index (χ3n) is 2.68. The zero-order chi connectivity index (χ0) is 15.4. The maximum Gasteiger partial charge on any atom is 0.318 e. The average molecular weight is 290 g/mol. The number of nitrogens with zero attached hydrogens (tertiary/aromatic N) is 2. The Morgan fingerprint density at radius 1 is 1.00 bits per heavy atom. The zero-order valence-electron chi connectivity index (χ0n) is 10.6. The molecule has 2 aromatic rings. The molecule has 0 atom stereocenters. The molecule has 0 amide bonds. The minimum Gasteiger partial charge on any atom is -0.450 e. The van der Waals surface area contributed by atoms with Gasteiger partial charge in [0, 0.05) is 6.07 Å². The Bertz CT molecular complexity index is 684. The van der Waals surface area contributed by atoms with E-state index in [0.29, 0.717) is 11.3 Å². The fraction of sp³-hybridized carbons (Fsp3) is 0.0769. The lowest BCUT2D eigenvalue weighted by atomic mass is 10.2. The van der Waals surface area contributed by atoms with Crippen molar-refractivity contribution >= 4 is 11.4 Å². The summed E-state index contributed by atoms with van der Waals surface area (Å²) in [6, 6.07) is 9.44. The minimum atomic E-state index is -0.746. The number of ether oxygens (including phenoxy) is 1. The van der Waals surface area contributed by atoms with E-state index in [4.69, 9.17) is 9.84 Å². The first-order valence-electron chi connectivity index (χ1n) is 5.81. The third-order valence-corrected chi connectivity index (χ3v) is 2.68. The average Bonchev–Trinajstić information content (AvgIpc) is 2.48. The molecule has 0 aliphatic heterocycles. The van der Waals surface area contributed by atoms with Gasteiger partial charge < -0.3 is 9.84 Å². The van der Waals surface area contributed by atoms with Crippen LogP contribution in [0.1, 0.15) is 5.56 Å². The first-order valence-corrected chi connectivity index (χ1v) is 5.81. The van der Waals surface area contributed by atoms with Gasteiger partial charge in [0.1, 0.15) is 5.75 Å². The molecule has 1 N–H and O–H groups in total. The van der Waals surface area contributed by atoms with Crippen molar-refractivity contribution in [3.63, 3.8) is 0 Å². The zero-order valence-corrected chi connectivity index (χ0v) is 10.6. The fourth-order valence-electron chi connectivity index (χ4n) is 1.64. The van der Waals surface area contributed by atoms with Crippen molar-refractivity contribution < 1.29 is 19.7 Å². The molecular weight excluding hydrogens is 280 g/mol. The highest BCUT2D eigenvalue weighted by Crippen LogP contribution is 2.34. The summed E-state index contributed by atoms with van der Waals surface area (Å²) < 4.78 is 5.36. The van der Waals surface area contributed by atoms with Crippen LogP contribution in [-0.4, -0.2) is 15.0 Å². The van der Waals surface area contributed by atoms with E-state index in [1.807, 2.05) is 0 Å². The van der Waals surface area contributed by atoms with Crippen molar-refractivity contribution in [2.24, 2.45) is 0 Å². The molecule has 8 heteroatoms. The molecule has 21 heavy (non-hydrogen) atoms.